The second-order valence-electron chi connectivity index (χ2n) is 3.32. The molecule has 0 saturated heterocycles. The van der Waals surface area contributed by atoms with Crippen LogP contribution in [0.25, 0.3) is 0 Å². The Kier molecular flexibility index (Phi) is 4.58. The van der Waals surface area contributed by atoms with E-state index >= 15 is 0 Å². The van der Waals surface area contributed by atoms with Gasteiger partial charge < -0.3 is 15.2 Å². The van der Waals surface area contributed by atoms with Gasteiger partial charge in [0.1, 0.15) is 5.75 Å². The number of aliphatic hydroxyl groups excluding tert-OH is 1. The van der Waals surface area contributed by atoms with E-state index < -0.39 is 0 Å². The Labute approximate surface area is 99.2 Å². The molecule has 0 bridgehead atoms. The second kappa shape index (κ2) is 5.72. The van der Waals surface area contributed by atoms with Gasteiger partial charge >= 0.3 is 0 Å². The molecule has 5 heteroatoms. The number of methoxy groups -OCH3 is 1. The van der Waals surface area contributed by atoms with E-state index in [-0.39, 0.29) is 18.9 Å². The molecule has 1 rings (SSSR count). The van der Waals surface area contributed by atoms with Gasteiger partial charge in [0.25, 0.3) is 0 Å². The number of hydrogen-bond acceptors (Lipinski definition) is 3. The minimum Gasteiger partial charge on any atom is -0.495 e. The number of aliphatic hydroxyl groups is 1. The SMILES string of the molecule is COc1cc(Cl)c(C)cc1NC(=O)CCO. The smallest absolute Gasteiger partial charge is 0.226 e. The van der Waals surface area contributed by atoms with Gasteiger partial charge in [0.05, 0.1) is 25.8 Å². The van der Waals surface area contributed by atoms with Crippen molar-refractivity contribution in [2.24, 2.45) is 0 Å². The molecule has 0 aliphatic heterocycles. The van der Waals surface area contributed by atoms with Crippen LogP contribution in [0.5, 0.6) is 5.75 Å². The predicted molar refractivity (Wildman–Crippen MR) is 63.1 cm³/mol. The first-order valence-electron chi connectivity index (χ1n) is 4.83. The molecule has 1 aromatic rings. The molecule has 0 aliphatic rings. The number of carbonyl (C=O) groups excluding carboxylic acids is 1. The van der Waals surface area contributed by atoms with Gasteiger partial charge in [-0.1, -0.05) is 11.6 Å². The molecule has 0 fully saturated rings. The summed E-state index contributed by atoms with van der Waals surface area (Å²) in [7, 11) is 1.50. The largest absolute Gasteiger partial charge is 0.495 e. The first-order valence-corrected chi connectivity index (χ1v) is 5.21. The molecule has 4 nitrogen and oxygen atoms in total. The van der Waals surface area contributed by atoms with Gasteiger partial charge in [-0.2, -0.15) is 0 Å². The van der Waals surface area contributed by atoms with Crippen molar-refractivity contribution < 1.29 is 14.6 Å². The summed E-state index contributed by atoms with van der Waals surface area (Å²) in [5.74, 6) is 0.240. The first kappa shape index (κ1) is 12.8. The van der Waals surface area contributed by atoms with Crippen LogP contribution in [0, 0.1) is 6.92 Å². The summed E-state index contributed by atoms with van der Waals surface area (Å²) in [6, 6.07) is 3.38. The quantitative estimate of drug-likeness (QED) is 0.850. The van der Waals surface area contributed by atoms with E-state index in [1.54, 1.807) is 12.1 Å². The maximum Gasteiger partial charge on any atom is 0.226 e. The van der Waals surface area contributed by atoms with Crippen molar-refractivity contribution in [2.75, 3.05) is 19.0 Å². The lowest BCUT2D eigenvalue weighted by molar-refractivity contribution is -0.116. The van der Waals surface area contributed by atoms with Crippen molar-refractivity contribution in [3.8, 4) is 5.75 Å². The number of anilines is 1. The number of aryl methyl sites for hydroxylation is 1. The number of carbonyl (C=O) groups is 1. The highest BCUT2D eigenvalue weighted by atomic mass is 35.5. The summed E-state index contributed by atoms with van der Waals surface area (Å²) in [6.07, 6.45) is 0.0603. The Morgan fingerprint density at radius 3 is 2.81 bits per heavy atom. The van der Waals surface area contributed by atoms with Crippen LogP contribution in [0.1, 0.15) is 12.0 Å². The molecule has 0 atom stereocenters. The van der Waals surface area contributed by atoms with E-state index in [4.69, 9.17) is 21.4 Å². The Morgan fingerprint density at radius 1 is 1.56 bits per heavy atom. The van der Waals surface area contributed by atoms with Crippen molar-refractivity contribution in [1.82, 2.24) is 0 Å². The van der Waals surface area contributed by atoms with Gasteiger partial charge in [-0.25, -0.2) is 0 Å². The average molecular weight is 244 g/mol. The highest BCUT2D eigenvalue weighted by molar-refractivity contribution is 6.31. The summed E-state index contributed by atoms with van der Waals surface area (Å²) in [6.45, 7) is 1.66. The van der Waals surface area contributed by atoms with Crippen molar-refractivity contribution in [3.05, 3.63) is 22.7 Å². The summed E-state index contributed by atoms with van der Waals surface area (Å²) in [5, 5.41) is 11.9. The fourth-order valence-corrected chi connectivity index (χ4v) is 1.40. The van der Waals surface area contributed by atoms with Gasteiger partial charge in [0.2, 0.25) is 5.91 Å². The van der Waals surface area contributed by atoms with Crippen molar-refractivity contribution in [2.45, 2.75) is 13.3 Å². The Bertz CT molecular complexity index is 393. The summed E-state index contributed by atoms with van der Waals surface area (Å²) in [4.78, 5) is 11.3. The van der Waals surface area contributed by atoms with Crippen molar-refractivity contribution in [3.63, 3.8) is 0 Å². The Balaban J connectivity index is 2.94. The van der Waals surface area contributed by atoms with Crippen LogP contribution in [0.2, 0.25) is 5.02 Å². The molecule has 2 N–H and O–H groups in total. The van der Waals surface area contributed by atoms with E-state index in [1.165, 1.54) is 7.11 Å². The van der Waals surface area contributed by atoms with Crippen molar-refractivity contribution >= 4 is 23.2 Å². The number of benzene rings is 1. The topological polar surface area (TPSA) is 58.6 Å². The molecule has 0 aromatic heterocycles. The monoisotopic (exact) mass is 243 g/mol. The zero-order chi connectivity index (χ0) is 12.1. The number of rotatable bonds is 4. The third-order valence-electron chi connectivity index (χ3n) is 2.09. The fourth-order valence-electron chi connectivity index (χ4n) is 1.24. The molecule has 0 saturated carbocycles. The normalized spacial score (nSPS) is 10.0. The first-order chi connectivity index (χ1) is 7.58. The van der Waals surface area contributed by atoms with E-state index in [0.717, 1.165) is 5.56 Å². The molecular weight excluding hydrogens is 230 g/mol. The molecule has 0 radical (unpaired) electrons. The van der Waals surface area contributed by atoms with Gasteiger partial charge in [0.15, 0.2) is 0 Å². The van der Waals surface area contributed by atoms with Crippen LogP contribution in [-0.2, 0) is 4.79 Å². The molecule has 0 unspecified atom stereocenters. The summed E-state index contributed by atoms with van der Waals surface area (Å²) >= 11 is 5.93. The van der Waals surface area contributed by atoms with Crippen LogP contribution in [0.4, 0.5) is 5.69 Å². The third-order valence-corrected chi connectivity index (χ3v) is 2.50. The Hall–Kier alpha value is -1.26. The van der Waals surface area contributed by atoms with E-state index in [9.17, 15) is 4.79 Å². The van der Waals surface area contributed by atoms with Gasteiger partial charge in [-0.15, -0.1) is 0 Å². The van der Waals surface area contributed by atoms with E-state index in [2.05, 4.69) is 5.32 Å². The molecule has 0 heterocycles. The summed E-state index contributed by atoms with van der Waals surface area (Å²) < 4.78 is 5.10. The van der Waals surface area contributed by atoms with Crippen LogP contribution in [-0.4, -0.2) is 24.7 Å². The van der Waals surface area contributed by atoms with Crippen LogP contribution >= 0.6 is 11.6 Å². The summed E-state index contributed by atoms with van der Waals surface area (Å²) in [5.41, 5.74) is 1.41. The van der Waals surface area contributed by atoms with Gasteiger partial charge in [0, 0.05) is 11.1 Å². The van der Waals surface area contributed by atoms with Gasteiger partial charge in [-0.3, -0.25) is 4.79 Å². The molecule has 16 heavy (non-hydrogen) atoms. The van der Waals surface area contributed by atoms with Gasteiger partial charge in [-0.05, 0) is 18.6 Å². The standard InChI is InChI=1S/C11H14ClNO3/c1-7-5-9(13-11(15)3-4-14)10(16-2)6-8(7)12/h5-6,14H,3-4H2,1-2H3,(H,13,15). The lowest BCUT2D eigenvalue weighted by Gasteiger charge is -2.11. The van der Waals surface area contributed by atoms with Crippen LogP contribution in [0.15, 0.2) is 12.1 Å². The zero-order valence-electron chi connectivity index (χ0n) is 9.21. The van der Waals surface area contributed by atoms with Crippen LogP contribution in [0.3, 0.4) is 0 Å². The maximum absolute atomic E-state index is 11.3. The fraction of sp³-hybridized carbons (Fsp3) is 0.364. The second-order valence-corrected chi connectivity index (χ2v) is 3.73. The third kappa shape index (κ3) is 3.12. The highest BCUT2D eigenvalue weighted by Gasteiger charge is 2.09. The zero-order valence-corrected chi connectivity index (χ0v) is 9.97. The molecule has 88 valence electrons. The molecular formula is C11H14ClNO3. The number of halogens is 1. The highest BCUT2D eigenvalue weighted by Crippen LogP contribution is 2.30. The number of amides is 1. The number of ether oxygens (including phenoxy) is 1. The van der Waals surface area contributed by atoms with Crippen LogP contribution < -0.4 is 10.1 Å². The average Bonchev–Trinajstić information content (AvgIpc) is 2.23. The van der Waals surface area contributed by atoms with E-state index in [1.807, 2.05) is 6.92 Å². The minimum atomic E-state index is -0.262. The number of nitrogens with one attached hydrogen (secondary N) is 1. The van der Waals surface area contributed by atoms with Crippen molar-refractivity contribution in [1.29, 1.82) is 0 Å². The molecule has 0 spiro atoms. The predicted octanol–water partition coefficient (Wildman–Crippen LogP) is 1.98. The molecule has 0 aliphatic carbocycles. The molecule has 1 amide bonds. The number of hydrogen-bond donors (Lipinski definition) is 2. The molecule has 1 aromatic carbocycles. The Morgan fingerprint density at radius 2 is 2.25 bits per heavy atom. The maximum atomic E-state index is 11.3. The lowest BCUT2D eigenvalue weighted by Crippen LogP contribution is -2.13. The van der Waals surface area contributed by atoms with E-state index in [0.29, 0.717) is 16.5 Å². The lowest BCUT2D eigenvalue weighted by atomic mass is 10.2. The minimum absolute atomic E-state index is 0.0603.